The molecule has 0 radical (unpaired) electrons. The molecule has 1 saturated heterocycles. The lowest BCUT2D eigenvalue weighted by molar-refractivity contribution is -0.0795. The van der Waals surface area contributed by atoms with Gasteiger partial charge < -0.3 is 18.6 Å². The largest absolute Gasteiger partial charge is 0.497 e. The van der Waals surface area contributed by atoms with Crippen molar-refractivity contribution in [1.29, 1.82) is 0 Å². The van der Waals surface area contributed by atoms with Crippen molar-refractivity contribution in [2.75, 3.05) is 20.3 Å². The second kappa shape index (κ2) is 12.2. The molecule has 2 fully saturated rings. The van der Waals surface area contributed by atoms with Gasteiger partial charge in [-0.2, -0.15) is 0 Å². The quantitative estimate of drug-likeness (QED) is 0.131. The van der Waals surface area contributed by atoms with Crippen LogP contribution in [0.3, 0.4) is 0 Å². The molecule has 1 aromatic rings. The van der Waals surface area contributed by atoms with E-state index in [4.69, 9.17) is 18.6 Å². The Morgan fingerprint density at radius 3 is 2.31 bits per heavy atom. The van der Waals surface area contributed by atoms with Crippen LogP contribution in [-0.4, -0.2) is 40.3 Å². The third kappa shape index (κ3) is 5.98. The summed E-state index contributed by atoms with van der Waals surface area (Å²) in [4.78, 5) is 0. The minimum absolute atomic E-state index is 0.0944. The molecule has 0 aromatic heterocycles. The van der Waals surface area contributed by atoms with E-state index >= 15 is 0 Å². The van der Waals surface area contributed by atoms with Crippen molar-refractivity contribution in [1.82, 2.24) is 0 Å². The fourth-order valence-corrected chi connectivity index (χ4v) is 10.8. The van der Waals surface area contributed by atoms with Gasteiger partial charge in [0, 0.05) is 0 Å². The second-order valence-electron chi connectivity index (χ2n) is 13.1. The Bertz CT molecular complexity index is 987. The molecule has 1 saturated carbocycles. The fraction of sp³-hybridized carbons (Fsp3) is 0.706. The molecule has 39 heavy (non-hydrogen) atoms. The number of benzene rings is 1. The normalized spacial score (nSPS) is 33.2. The summed E-state index contributed by atoms with van der Waals surface area (Å²) in [6, 6.07) is 11.7. The molecule has 0 N–H and O–H groups in total. The Hall–Kier alpha value is -1.40. The molecule has 3 aliphatic rings. The highest BCUT2D eigenvalue weighted by atomic mass is 28.4. The summed E-state index contributed by atoms with van der Waals surface area (Å²) in [6.07, 6.45) is 10.5. The topological polar surface area (TPSA) is 40.2 Å². The Balaban J connectivity index is 1.53. The summed E-state index contributed by atoms with van der Waals surface area (Å²) in [7, 11) is -0.100. The molecule has 5 heteroatoms. The maximum absolute atomic E-state index is 7.28. The highest BCUT2D eigenvalue weighted by Gasteiger charge is 2.59. The van der Waals surface area contributed by atoms with E-state index in [1.165, 1.54) is 30.4 Å². The molecule has 4 rings (SSSR count). The van der Waals surface area contributed by atoms with Crippen LogP contribution in [-0.2, 0) is 20.5 Å². The number of fused-ring (bicyclic) bond motifs is 1. The number of hydrogen-bond donors (Lipinski definition) is 0. The summed E-state index contributed by atoms with van der Waals surface area (Å²) >= 11 is 0. The number of hydrogen-bond acceptors (Lipinski definition) is 4. The van der Waals surface area contributed by atoms with Crippen molar-refractivity contribution < 1.29 is 18.6 Å². The highest BCUT2D eigenvalue weighted by Crippen LogP contribution is 2.63. The van der Waals surface area contributed by atoms with Crippen LogP contribution in [0.4, 0.5) is 0 Å². The first kappa shape index (κ1) is 30.6. The molecule has 1 aliphatic heterocycles. The third-order valence-corrected chi connectivity index (χ3v) is 16.0. The molecule has 218 valence electrons. The van der Waals surface area contributed by atoms with E-state index in [-0.39, 0.29) is 22.5 Å². The van der Waals surface area contributed by atoms with E-state index in [0.717, 1.165) is 43.3 Å². The molecule has 4 nitrogen and oxygen atoms in total. The predicted octanol–water partition coefficient (Wildman–Crippen LogP) is 8.73. The van der Waals surface area contributed by atoms with Crippen LogP contribution in [0.25, 0.3) is 0 Å². The number of rotatable bonds is 14. The molecular weight excluding hydrogens is 500 g/mol. The maximum atomic E-state index is 7.28. The van der Waals surface area contributed by atoms with Crippen molar-refractivity contribution in [3.8, 4) is 5.75 Å². The van der Waals surface area contributed by atoms with Gasteiger partial charge in [0.25, 0.3) is 0 Å². The lowest BCUT2D eigenvalue weighted by atomic mass is 9.46. The monoisotopic (exact) mass is 554 g/mol. The zero-order valence-corrected chi connectivity index (χ0v) is 26.8. The molecule has 0 bridgehead atoms. The van der Waals surface area contributed by atoms with E-state index in [1.54, 1.807) is 7.11 Å². The first-order valence-corrected chi connectivity index (χ1v) is 18.0. The summed E-state index contributed by atoms with van der Waals surface area (Å²) < 4.78 is 25.1. The number of ether oxygens (including phenoxy) is 3. The molecular formula is C34H54O4Si. The standard InChI is InChI=1S/C34H54O4Si/c1-9-34(25-37-34)31(38-39(10-2,11-3)12-4)22-33(7)26(5)20-21-32(6)28(14-13-15-30(32)33)24-36-23-27-16-18-29(35-8)19-17-27/h9,14,16-19,26,30-31H,1,10-13,15,20-25H2,2-8H3/t26-,30-,31-,32-,33-,34+/m1/s1. The molecule has 0 unspecified atom stereocenters. The van der Waals surface area contributed by atoms with Crippen molar-refractivity contribution in [3.63, 3.8) is 0 Å². The first-order valence-electron chi connectivity index (χ1n) is 15.5. The third-order valence-electron chi connectivity index (χ3n) is 11.4. The maximum Gasteiger partial charge on any atom is 0.192 e. The summed E-state index contributed by atoms with van der Waals surface area (Å²) in [6.45, 7) is 20.9. The van der Waals surface area contributed by atoms with Crippen LogP contribution in [0.1, 0.15) is 79.2 Å². The van der Waals surface area contributed by atoms with E-state index in [2.05, 4.69) is 66.3 Å². The minimum Gasteiger partial charge on any atom is -0.497 e. The fourth-order valence-electron chi connectivity index (χ4n) is 7.88. The van der Waals surface area contributed by atoms with Gasteiger partial charge in [0.2, 0.25) is 0 Å². The summed E-state index contributed by atoms with van der Waals surface area (Å²) in [5.74, 6) is 2.13. The molecule has 0 amide bonds. The average Bonchev–Trinajstić information content (AvgIpc) is 3.76. The lowest BCUT2D eigenvalue weighted by Crippen LogP contribution is -2.54. The zero-order valence-electron chi connectivity index (χ0n) is 25.8. The first-order chi connectivity index (χ1) is 18.6. The van der Waals surface area contributed by atoms with Crippen molar-refractivity contribution in [3.05, 3.63) is 54.1 Å². The van der Waals surface area contributed by atoms with Crippen LogP contribution >= 0.6 is 0 Å². The van der Waals surface area contributed by atoms with Gasteiger partial charge in [-0.15, -0.1) is 6.58 Å². The molecule has 1 heterocycles. The van der Waals surface area contributed by atoms with Crippen LogP contribution in [0.2, 0.25) is 18.1 Å². The van der Waals surface area contributed by atoms with Crippen LogP contribution in [0.5, 0.6) is 5.75 Å². The summed E-state index contributed by atoms with van der Waals surface area (Å²) in [5, 5.41) is 0. The molecule has 2 aliphatic carbocycles. The minimum atomic E-state index is -1.80. The van der Waals surface area contributed by atoms with Crippen LogP contribution in [0.15, 0.2) is 48.6 Å². The number of epoxide rings is 1. The second-order valence-corrected chi connectivity index (χ2v) is 17.8. The molecule has 0 spiro atoms. The van der Waals surface area contributed by atoms with Gasteiger partial charge in [0.1, 0.15) is 11.4 Å². The summed E-state index contributed by atoms with van der Waals surface area (Å²) in [5.41, 5.74) is 2.71. The van der Waals surface area contributed by atoms with Gasteiger partial charge in [-0.25, -0.2) is 0 Å². The van der Waals surface area contributed by atoms with E-state index < -0.39 is 8.32 Å². The van der Waals surface area contributed by atoms with Crippen LogP contribution in [0, 0.1) is 22.7 Å². The van der Waals surface area contributed by atoms with E-state index in [1.807, 2.05) is 18.2 Å². The van der Waals surface area contributed by atoms with Gasteiger partial charge in [0.15, 0.2) is 8.32 Å². The Labute approximate surface area is 239 Å². The van der Waals surface area contributed by atoms with E-state index in [0.29, 0.717) is 25.0 Å². The predicted molar refractivity (Wildman–Crippen MR) is 164 cm³/mol. The van der Waals surface area contributed by atoms with Gasteiger partial charge in [-0.05, 0) is 96.2 Å². The van der Waals surface area contributed by atoms with Gasteiger partial charge >= 0.3 is 0 Å². The van der Waals surface area contributed by atoms with Gasteiger partial charge in [-0.3, -0.25) is 0 Å². The Kier molecular flexibility index (Phi) is 9.58. The molecule has 6 atom stereocenters. The van der Waals surface area contributed by atoms with Crippen molar-refractivity contribution in [2.24, 2.45) is 22.7 Å². The van der Waals surface area contributed by atoms with Gasteiger partial charge in [0.05, 0.1) is 33.0 Å². The smallest absolute Gasteiger partial charge is 0.192 e. The molecule has 1 aromatic carbocycles. The Morgan fingerprint density at radius 2 is 1.74 bits per heavy atom. The highest BCUT2D eigenvalue weighted by molar-refractivity contribution is 6.73. The SMILES string of the molecule is C=C[C@@]1([C@@H](C[C@]2(C)[C@H](C)CC[C@]3(C)C(COCc4ccc(OC)cc4)=CCC[C@@H]23)O[Si](CC)(CC)CC)CO1. The zero-order chi connectivity index (χ0) is 28.3. The van der Waals surface area contributed by atoms with Crippen molar-refractivity contribution in [2.45, 2.75) is 110 Å². The number of methoxy groups -OCH3 is 1. The van der Waals surface area contributed by atoms with Crippen molar-refractivity contribution >= 4 is 8.32 Å². The lowest BCUT2D eigenvalue weighted by Gasteiger charge is -2.59. The number of allylic oxidation sites excluding steroid dienone is 1. The average molecular weight is 555 g/mol. The van der Waals surface area contributed by atoms with Gasteiger partial charge in [-0.1, -0.05) is 65.8 Å². The Morgan fingerprint density at radius 1 is 1.08 bits per heavy atom. The van der Waals surface area contributed by atoms with E-state index in [9.17, 15) is 0 Å². The van der Waals surface area contributed by atoms with Crippen LogP contribution < -0.4 is 4.74 Å².